The molecular formula is C13H18ClF2N3O3. The minimum Gasteiger partial charge on any atom is -0.487 e. The van der Waals surface area contributed by atoms with Crippen LogP contribution in [0.25, 0.3) is 0 Å². The highest BCUT2D eigenvalue weighted by molar-refractivity contribution is 5.94. The van der Waals surface area contributed by atoms with E-state index < -0.39 is 24.8 Å². The number of carbonyl (C=O) groups is 2. The normalized spacial score (nSPS) is 9.86. The van der Waals surface area contributed by atoms with Crippen molar-refractivity contribution < 1.29 is 23.1 Å². The first-order valence-electron chi connectivity index (χ1n) is 6.20. The molecule has 1 rings (SSSR count). The molecule has 0 bridgehead atoms. The van der Waals surface area contributed by atoms with Crippen molar-refractivity contribution in [3.63, 3.8) is 0 Å². The van der Waals surface area contributed by atoms with Crippen molar-refractivity contribution >= 4 is 29.9 Å². The monoisotopic (exact) mass is 337 g/mol. The zero-order valence-corrected chi connectivity index (χ0v) is 12.7. The second-order valence-corrected chi connectivity index (χ2v) is 4.21. The highest BCUT2D eigenvalue weighted by Crippen LogP contribution is 2.23. The molecule has 4 N–H and O–H groups in total. The molecule has 0 fully saturated rings. The molecule has 0 aliphatic heterocycles. The summed E-state index contributed by atoms with van der Waals surface area (Å²) in [4.78, 5) is 22.5. The van der Waals surface area contributed by atoms with Gasteiger partial charge in [0.25, 0.3) is 6.43 Å². The van der Waals surface area contributed by atoms with Crippen LogP contribution < -0.4 is 21.1 Å². The van der Waals surface area contributed by atoms with Gasteiger partial charge in [0.1, 0.15) is 12.4 Å². The topological polar surface area (TPSA) is 93.5 Å². The summed E-state index contributed by atoms with van der Waals surface area (Å²) in [6, 6.07) is 4.68. The Kier molecular flexibility index (Phi) is 9.04. The summed E-state index contributed by atoms with van der Waals surface area (Å²) < 4.78 is 29.2. The van der Waals surface area contributed by atoms with Gasteiger partial charge in [0.05, 0.1) is 13.1 Å². The van der Waals surface area contributed by atoms with Crippen LogP contribution in [0.2, 0.25) is 0 Å². The lowest BCUT2D eigenvalue weighted by Gasteiger charge is -2.11. The van der Waals surface area contributed by atoms with Gasteiger partial charge in [0, 0.05) is 11.8 Å². The Balaban J connectivity index is 0.00000441. The Bertz CT molecular complexity index is 515. The molecular weight excluding hydrogens is 320 g/mol. The van der Waals surface area contributed by atoms with Crippen LogP contribution >= 0.6 is 12.4 Å². The van der Waals surface area contributed by atoms with Crippen LogP contribution in [0.5, 0.6) is 5.75 Å². The van der Waals surface area contributed by atoms with Crippen LogP contribution in [0.3, 0.4) is 0 Å². The van der Waals surface area contributed by atoms with Gasteiger partial charge in [-0.05, 0) is 18.6 Å². The number of amides is 2. The molecule has 0 heterocycles. The molecule has 9 heteroatoms. The average molecular weight is 338 g/mol. The second kappa shape index (κ2) is 9.91. The van der Waals surface area contributed by atoms with E-state index in [2.05, 4.69) is 10.6 Å². The van der Waals surface area contributed by atoms with Crippen LogP contribution in [0.4, 0.5) is 14.5 Å². The summed E-state index contributed by atoms with van der Waals surface area (Å²) in [6.45, 7) is 0.555. The molecule has 0 radical (unpaired) electrons. The highest BCUT2D eigenvalue weighted by atomic mass is 35.5. The van der Waals surface area contributed by atoms with Gasteiger partial charge >= 0.3 is 0 Å². The fourth-order valence-electron chi connectivity index (χ4n) is 1.44. The number of nitrogens with two attached hydrogens (primary N) is 1. The number of ether oxygens (including phenoxy) is 1. The number of nitrogens with one attached hydrogen (secondary N) is 2. The Morgan fingerprint density at radius 1 is 1.32 bits per heavy atom. The molecule has 0 saturated carbocycles. The van der Waals surface area contributed by atoms with E-state index in [0.29, 0.717) is 11.3 Å². The van der Waals surface area contributed by atoms with E-state index in [9.17, 15) is 18.4 Å². The van der Waals surface area contributed by atoms with Crippen molar-refractivity contribution in [2.75, 3.05) is 25.0 Å². The summed E-state index contributed by atoms with van der Waals surface area (Å²) in [5.41, 5.74) is 6.14. The lowest BCUT2D eigenvalue weighted by atomic mass is 10.2. The van der Waals surface area contributed by atoms with E-state index in [1.807, 2.05) is 0 Å². The molecule has 6 nitrogen and oxygen atoms in total. The summed E-state index contributed by atoms with van der Waals surface area (Å²) in [5.74, 6) is -0.644. The van der Waals surface area contributed by atoms with Crippen molar-refractivity contribution in [3.05, 3.63) is 23.8 Å². The third kappa shape index (κ3) is 7.19. The first-order chi connectivity index (χ1) is 9.92. The minimum absolute atomic E-state index is 0. The van der Waals surface area contributed by atoms with E-state index >= 15 is 0 Å². The SMILES string of the molecule is Cc1ccc(NC(=O)CNC(=O)CN)cc1OCC(F)F.Cl. The van der Waals surface area contributed by atoms with Gasteiger partial charge in [-0.25, -0.2) is 8.78 Å². The van der Waals surface area contributed by atoms with Crippen LogP contribution in [0.1, 0.15) is 5.56 Å². The van der Waals surface area contributed by atoms with Crippen molar-refractivity contribution in [2.45, 2.75) is 13.3 Å². The van der Waals surface area contributed by atoms with E-state index in [1.165, 1.54) is 6.07 Å². The number of rotatable bonds is 7. The van der Waals surface area contributed by atoms with Gasteiger partial charge in [0.15, 0.2) is 0 Å². The molecule has 124 valence electrons. The average Bonchev–Trinajstić information content (AvgIpc) is 2.45. The lowest BCUT2D eigenvalue weighted by Crippen LogP contribution is -2.36. The number of aryl methyl sites for hydroxylation is 1. The van der Waals surface area contributed by atoms with E-state index in [-0.39, 0.29) is 31.2 Å². The molecule has 0 atom stereocenters. The fourth-order valence-corrected chi connectivity index (χ4v) is 1.44. The number of hydrogen-bond acceptors (Lipinski definition) is 4. The van der Waals surface area contributed by atoms with Crippen molar-refractivity contribution in [2.24, 2.45) is 5.73 Å². The first kappa shape index (κ1) is 20.1. The maximum atomic E-state index is 12.1. The highest BCUT2D eigenvalue weighted by Gasteiger charge is 2.09. The number of alkyl halides is 2. The molecule has 0 aliphatic carbocycles. The number of halogens is 3. The summed E-state index contributed by atoms with van der Waals surface area (Å²) in [5, 5.41) is 4.83. The van der Waals surface area contributed by atoms with Gasteiger partial charge in [-0.3, -0.25) is 9.59 Å². The molecule has 2 amide bonds. The molecule has 0 aliphatic rings. The quantitative estimate of drug-likeness (QED) is 0.694. The number of hydrogen-bond donors (Lipinski definition) is 3. The maximum absolute atomic E-state index is 12.1. The van der Waals surface area contributed by atoms with Crippen molar-refractivity contribution in [1.29, 1.82) is 0 Å². The Hall–Kier alpha value is -1.93. The van der Waals surface area contributed by atoms with Crippen LogP contribution in [0.15, 0.2) is 18.2 Å². The third-order valence-electron chi connectivity index (χ3n) is 2.47. The number of benzene rings is 1. The van der Waals surface area contributed by atoms with Gasteiger partial charge in [-0.2, -0.15) is 0 Å². The molecule has 1 aromatic carbocycles. The standard InChI is InChI=1S/C13H17F2N3O3.ClH/c1-8-2-3-9(4-10(8)21-7-11(14)15)18-13(20)6-17-12(19)5-16;/h2-4,11H,5-7,16H2,1H3,(H,17,19)(H,18,20);1H. The zero-order valence-electron chi connectivity index (χ0n) is 11.9. The smallest absolute Gasteiger partial charge is 0.272 e. The Labute approximate surface area is 132 Å². The van der Waals surface area contributed by atoms with E-state index in [1.54, 1.807) is 19.1 Å². The second-order valence-electron chi connectivity index (χ2n) is 4.21. The van der Waals surface area contributed by atoms with Gasteiger partial charge in [-0.15, -0.1) is 12.4 Å². The van der Waals surface area contributed by atoms with E-state index in [4.69, 9.17) is 10.5 Å². The first-order valence-corrected chi connectivity index (χ1v) is 6.20. The molecule has 0 spiro atoms. The van der Waals surface area contributed by atoms with Gasteiger partial charge in [-0.1, -0.05) is 6.07 Å². The summed E-state index contributed by atoms with van der Waals surface area (Å²) in [7, 11) is 0. The third-order valence-corrected chi connectivity index (χ3v) is 2.47. The maximum Gasteiger partial charge on any atom is 0.272 e. The minimum atomic E-state index is -2.57. The van der Waals surface area contributed by atoms with Gasteiger partial charge in [0.2, 0.25) is 11.8 Å². The Morgan fingerprint density at radius 2 is 2.00 bits per heavy atom. The van der Waals surface area contributed by atoms with Gasteiger partial charge < -0.3 is 21.1 Å². The largest absolute Gasteiger partial charge is 0.487 e. The molecule has 0 unspecified atom stereocenters. The fraction of sp³-hybridized carbons (Fsp3) is 0.385. The van der Waals surface area contributed by atoms with E-state index in [0.717, 1.165) is 0 Å². The molecule has 1 aromatic rings. The molecule has 0 aromatic heterocycles. The van der Waals surface area contributed by atoms with Crippen LogP contribution in [0, 0.1) is 6.92 Å². The van der Waals surface area contributed by atoms with Crippen LogP contribution in [-0.4, -0.2) is 37.9 Å². The summed E-state index contributed by atoms with van der Waals surface area (Å²) >= 11 is 0. The summed E-state index contributed by atoms with van der Waals surface area (Å²) in [6.07, 6.45) is -2.57. The zero-order chi connectivity index (χ0) is 15.8. The predicted molar refractivity (Wildman–Crippen MR) is 80.6 cm³/mol. The Morgan fingerprint density at radius 3 is 2.59 bits per heavy atom. The van der Waals surface area contributed by atoms with Crippen molar-refractivity contribution in [1.82, 2.24) is 5.32 Å². The van der Waals surface area contributed by atoms with Crippen molar-refractivity contribution in [3.8, 4) is 5.75 Å². The lowest BCUT2D eigenvalue weighted by molar-refractivity contribution is -0.123. The number of anilines is 1. The van der Waals surface area contributed by atoms with Crippen LogP contribution in [-0.2, 0) is 9.59 Å². The number of carbonyl (C=O) groups excluding carboxylic acids is 2. The predicted octanol–water partition coefficient (Wildman–Crippen LogP) is 1.07. The molecule has 0 saturated heterocycles. The molecule has 22 heavy (non-hydrogen) atoms.